The number of nitrogens with two attached hydrogens (primary N) is 1. The summed E-state index contributed by atoms with van der Waals surface area (Å²) in [7, 11) is 0. The minimum Gasteiger partial charge on any atom is -0.384 e. The van der Waals surface area contributed by atoms with E-state index in [1.807, 2.05) is 25.3 Å². The third-order valence-electron chi connectivity index (χ3n) is 4.40. The van der Waals surface area contributed by atoms with Crippen molar-refractivity contribution in [1.29, 1.82) is 0 Å². The first-order chi connectivity index (χ1) is 12.8. The molecule has 0 unspecified atom stereocenters. The highest BCUT2D eigenvalue weighted by atomic mass is 32.2. The van der Waals surface area contributed by atoms with E-state index in [-0.39, 0.29) is 23.1 Å². The van der Waals surface area contributed by atoms with Gasteiger partial charge in [-0.1, -0.05) is 25.6 Å². The number of hydrogen-bond acceptors (Lipinski definition) is 7. The minimum atomic E-state index is -0.751. The second-order valence-corrected chi connectivity index (χ2v) is 8.04. The molecule has 1 saturated carbocycles. The van der Waals surface area contributed by atoms with Gasteiger partial charge in [-0.05, 0) is 25.7 Å². The lowest BCUT2D eigenvalue weighted by molar-refractivity contribution is 0.102. The van der Waals surface area contributed by atoms with Crippen molar-refractivity contribution in [1.82, 2.24) is 24.3 Å². The summed E-state index contributed by atoms with van der Waals surface area (Å²) >= 11 is 1.23. The summed E-state index contributed by atoms with van der Waals surface area (Å²) in [6, 6.07) is 0. The van der Waals surface area contributed by atoms with Gasteiger partial charge < -0.3 is 10.3 Å². The van der Waals surface area contributed by atoms with E-state index in [9.17, 15) is 14.4 Å². The molecule has 10 heteroatoms. The molecule has 0 aliphatic heterocycles. The predicted molar refractivity (Wildman–Crippen MR) is 103 cm³/mol. The number of aromatic amines is 1. The lowest BCUT2D eigenvalue weighted by atomic mass is 10.2. The number of hydrogen-bond donors (Lipinski definition) is 2. The van der Waals surface area contributed by atoms with Crippen LogP contribution in [0, 0.1) is 5.92 Å². The van der Waals surface area contributed by atoms with Crippen molar-refractivity contribution in [3.8, 4) is 0 Å². The number of Topliss-reactive ketones (excluding diaryl/α,β-unsaturated/α-hetero) is 1. The number of anilines is 1. The summed E-state index contributed by atoms with van der Waals surface area (Å²) in [5, 5.41) is 9.07. The molecular formula is C17H24N6O3S. The Labute approximate surface area is 160 Å². The van der Waals surface area contributed by atoms with Crippen LogP contribution in [0.15, 0.2) is 14.7 Å². The fourth-order valence-electron chi connectivity index (χ4n) is 2.95. The summed E-state index contributed by atoms with van der Waals surface area (Å²) < 4.78 is 3.24. The van der Waals surface area contributed by atoms with Gasteiger partial charge in [0, 0.05) is 19.0 Å². The third kappa shape index (κ3) is 4.00. The maximum Gasteiger partial charge on any atom is 0.329 e. The van der Waals surface area contributed by atoms with Crippen molar-refractivity contribution in [2.45, 2.75) is 57.8 Å². The Morgan fingerprint density at radius 3 is 2.59 bits per heavy atom. The highest BCUT2D eigenvalue weighted by molar-refractivity contribution is 7.99. The van der Waals surface area contributed by atoms with Crippen LogP contribution in [0.5, 0.6) is 0 Å². The normalized spacial score (nSPS) is 14.1. The Morgan fingerprint density at radius 2 is 2.00 bits per heavy atom. The van der Waals surface area contributed by atoms with Gasteiger partial charge in [0.15, 0.2) is 10.9 Å². The zero-order chi connectivity index (χ0) is 19.7. The Balaban J connectivity index is 1.83. The van der Waals surface area contributed by atoms with E-state index >= 15 is 0 Å². The van der Waals surface area contributed by atoms with Gasteiger partial charge in [-0.25, -0.2) is 4.79 Å². The topological polar surface area (TPSA) is 129 Å². The van der Waals surface area contributed by atoms with E-state index in [1.54, 1.807) is 0 Å². The molecule has 2 aromatic rings. The Morgan fingerprint density at radius 1 is 1.30 bits per heavy atom. The average molecular weight is 392 g/mol. The van der Waals surface area contributed by atoms with Gasteiger partial charge in [0.1, 0.15) is 17.2 Å². The standard InChI is InChI=1S/C17H24N6O3S/c1-4-22-14(10-5-6-10)20-21-17(22)27-8-11(24)12-13(18)23(7-9(2)3)16(26)19-15(12)25/h9-10H,4-8,18H2,1-3H3,(H,19,25,26). The molecule has 0 amide bonds. The van der Waals surface area contributed by atoms with Gasteiger partial charge >= 0.3 is 5.69 Å². The van der Waals surface area contributed by atoms with Gasteiger partial charge in [0.25, 0.3) is 5.56 Å². The highest BCUT2D eigenvalue weighted by Crippen LogP contribution is 2.40. The first-order valence-corrected chi connectivity index (χ1v) is 10.0. The first-order valence-electron chi connectivity index (χ1n) is 9.05. The van der Waals surface area contributed by atoms with Crippen LogP contribution in [-0.2, 0) is 13.1 Å². The molecule has 0 aromatic carbocycles. The first kappa shape index (κ1) is 19.4. The number of carbonyl (C=O) groups excluding carboxylic acids is 1. The van der Waals surface area contributed by atoms with Crippen molar-refractivity contribution in [2.24, 2.45) is 5.92 Å². The lowest BCUT2D eigenvalue weighted by Crippen LogP contribution is -2.37. The molecule has 1 aliphatic rings. The minimum absolute atomic E-state index is 0.00401. The number of nitrogen functional groups attached to an aromatic ring is 1. The fourth-order valence-corrected chi connectivity index (χ4v) is 3.84. The Bertz CT molecular complexity index is 970. The maximum absolute atomic E-state index is 12.7. The molecule has 0 radical (unpaired) electrons. The van der Waals surface area contributed by atoms with Crippen LogP contribution in [0.4, 0.5) is 5.82 Å². The molecule has 0 atom stereocenters. The molecule has 3 rings (SSSR count). The van der Waals surface area contributed by atoms with Gasteiger partial charge in [-0.3, -0.25) is 19.1 Å². The number of thioether (sulfide) groups is 1. The van der Waals surface area contributed by atoms with Crippen LogP contribution >= 0.6 is 11.8 Å². The second kappa shape index (κ2) is 7.71. The second-order valence-electron chi connectivity index (χ2n) is 7.10. The molecule has 0 bridgehead atoms. The molecule has 2 heterocycles. The monoisotopic (exact) mass is 392 g/mol. The predicted octanol–water partition coefficient (Wildman–Crippen LogP) is 1.24. The Kier molecular flexibility index (Phi) is 5.54. The van der Waals surface area contributed by atoms with E-state index in [0.717, 1.165) is 25.2 Å². The van der Waals surface area contributed by atoms with E-state index in [0.29, 0.717) is 17.6 Å². The fraction of sp³-hybridized carbons (Fsp3) is 0.588. The summed E-state index contributed by atoms with van der Waals surface area (Å²) in [6.07, 6.45) is 2.23. The molecule has 0 saturated heterocycles. The smallest absolute Gasteiger partial charge is 0.329 e. The molecular weight excluding hydrogens is 368 g/mol. The number of H-pyrrole nitrogens is 1. The quantitative estimate of drug-likeness (QED) is 0.511. The zero-order valence-electron chi connectivity index (χ0n) is 15.7. The van der Waals surface area contributed by atoms with Crippen LogP contribution in [0.1, 0.15) is 55.7 Å². The van der Waals surface area contributed by atoms with Crippen molar-refractivity contribution < 1.29 is 4.79 Å². The number of rotatable bonds is 8. The lowest BCUT2D eigenvalue weighted by Gasteiger charge is -2.13. The third-order valence-corrected chi connectivity index (χ3v) is 5.37. The van der Waals surface area contributed by atoms with Crippen LogP contribution in [0.2, 0.25) is 0 Å². The molecule has 9 nitrogen and oxygen atoms in total. The van der Waals surface area contributed by atoms with Crippen molar-refractivity contribution in [2.75, 3.05) is 11.5 Å². The summed E-state index contributed by atoms with van der Waals surface area (Å²) in [5.41, 5.74) is 4.46. The SMILES string of the molecule is CCn1c(SCC(=O)c2c(N)n(CC(C)C)c(=O)[nH]c2=O)nnc1C1CC1. The van der Waals surface area contributed by atoms with Crippen LogP contribution < -0.4 is 17.0 Å². The number of nitrogens with one attached hydrogen (secondary N) is 1. The van der Waals surface area contributed by atoms with E-state index in [1.165, 1.54) is 16.3 Å². The zero-order valence-corrected chi connectivity index (χ0v) is 16.5. The van der Waals surface area contributed by atoms with Gasteiger partial charge in [0.2, 0.25) is 0 Å². The summed E-state index contributed by atoms with van der Waals surface area (Å²) in [6.45, 7) is 6.89. The van der Waals surface area contributed by atoms with Crippen molar-refractivity contribution >= 4 is 23.4 Å². The maximum atomic E-state index is 12.7. The van der Waals surface area contributed by atoms with Crippen LogP contribution in [0.3, 0.4) is 0 Å². The molecule has 1 fully saturated rings. The molecule has 2 aromatic heterocycles. The van der Waals surface area contributed by atoms with Crippen molar-refractivity contribution in [3.63, 3.8) is 0 Å². The molecule has 0 spiro atoms. The molecule has 146 valence electrons. The summed E-state index contributed by atoms with van der Waals surface area (Å²) in [4.78, 5) is 39.0. The van der Waals surface area contributed by atoms with Crippen LogP contribution in [-0.4, -0.2) is 35.9 Å². The number of ketones is 1. The van der Waals surface area contributed by atoms with Crippen molar-refractivity contribution in [3.05, 3.63) is 32.2 Å². The number of carbonyl (C=O) groups is 1. The molecule has 3 N–H and O–H groups in total. The Hall–Kier alpha value is -2.36. The number of nitrogens with zero attached hydrogens (tertiary/aromatic N) is 4. The van der Waals surface area contributed by atoms with E-state index in [4.69, 9.17) is 5.73 Å². The highest BCUT2D eigenvalue weighted by Gasteiger charge is 2.30. The molecule has 27 heavy (non-hydrogen) atoms. The van der Waals surface area contributed by atoms with E-state index < -0.39 is 17.0 Å². The van der Waals surface area contributed by atoms with Crippen LogP contribution in [0.25, 0.3) is 0 Å². The van der Waals surface area contributed by atoms with Gasteiger partial charge in [-0.2, -0.15) is 0 Å². The van der Waals surface area contributed by atoms with E-state index in [2.05, 4.69) is 15.2 Å². The van der Waals surface area contributed by atoms with Gasteiger partial charge in [-0.15, -0.1) is 10.2 Å². The van der Waals surface area contributed by atoms with Gasteiger partial charge in [0.05, 0.1) is 5.75 Å². The molecule has 1 aliphatic carbocycles. The summed E-state index contributed by atoms with van der Waals surface area (Å²) in [5.74, 6) is 1.03. The average Bonchev–Trinajstić information content (AvgIpc) is 3.36. The number of aromatic nitrogens is 5. The largest absolute Gasteiger partial charge is 0.384 e.